The summed E-state index contributed by atoms with van der Waals surface area (Å²) < 4.78 is 0. The molecule has 0 aromatic heterocycles. The molecule has 0 saturated heterocycles. The summed E-state index contributed by atoms with van der Waals surface area (Å²) in [6.45, 7) is 9.10. The lowest BCUT2D eigenvalue weighted by Gasteiger charge is -2.32. The van der Waals surface area contributed by atoms with Crippen LogP contribution in [0.2, 0.25) is 0 Å². The Kier molecular flexibility index (Phi) is 5.63. The van der Waals surface area contributed by atoms with Crippen molar-refractivity contribution < 1.29 is 0 Å². The fourth-order valence-electron chi connectivity index (χ4n) is 3.44. The zero-order chi connectivity index (χ0) is 16.2. The summed E-state index contributed by atoms with van der Waals surface area (Å²) in [4.78, 5) is 0. The lowest BCUT2D eigenvalue weighted by Crippen LogP contribution is -2.18. The second-order valence-corrected chi connectivity index (χ2v) is 7.53. The summed E-state index contributed by atoms with van der Waals surface area (Å²) in [5.41, 5.74) is 11.9. The molecule has 0 amide bonds. The molecule has 22 heavy (non-hydrogen) atoms. The number of rotatable bonds is 5. The normalized spacial score (nSPS) is 19.7. The number of hydrogen-bond donors (Lipinski definition) is 1. The third kappa shape index (κ3) is 4.58. The van der Waals surface area contributed by atoms with Crippen molar-refractivity contribution >= 4 is 6.08 Å². The lowest BCUT2D eigenvalue weighted by atomic mass is 9.72. The maximum Gasteiger partial charge on any atom is 0.00136 e. The second kappa shape index (κ2) is 7.28. The highest BCUT2D eigenvalue weighted by atomic mass is 14.6. The van der Waals surface area contributed by atoms with Crippen LogP contribution in [0.25, 0.3) is 6.08 Å². The van der Waals surface area contributed by atoms with E-state index in [1.807, 2.05) is 0 Å². The molecular formula is C21H31N. The Bertz CT molecular complexity index is 561. The number of aryl methyl sites for hydroxylation is 1. The van der Waals surface area contributed by atoms with E-state index >= 15 is 0 Å². The molecule has 1 atom stereocenters. The predicted molar refractivity (Wildman–Crippen MR) is 97.8 cm³/mol. The average Bonchev–Trinajstić information content (AvgIpc) is 2.44. The van der Waals surface area contributed by atoms with Crippen LogP contribution in [0.15, 0.2) is 41.5 Å². The Labute approximate surface area is 136 Å². The molecule has 0 spiro atoms. The fourth-order valence-corrected chi connectivity index (χ4v) is 3.44. The van der Waals surface area contributed by atoms with Gasteiger partial charge in [0.15, 0.2) is 0 Å². The van der Waals surface area contributed by atoms with Crippen molar-refractivity contribution in [3.05, 3.63) is 52.6 Å². The zero-order valence-electron chi connectivity index (χ0n) is 14.7. The third-order valence-corrected chi connectivity index (χ3v) is 4.82. The molecule has 0 bridgehead atoms. The third-order valence-electron chi connectivity index (χ3n) is 4.82. The van der Waals surface area contributed by atoms with Gasteiger partial charge in [-0.3, -0.25) is 0 Å². The summed E-state index contributed by atoms with van der Waals surface area (Å²) in [7, 11) is 0. The topological polar surface area (TPSA) is 26.0 Å². The molecule has 1 aliphatic rings. The maximum absolute atomic E-state index is 5.86. The van der Waals surface area contributed by atoms with Crippen LogP contribution in [0.5, 0.6) is 0 Å². The van der Waals surface area contributed by atoms with Gasteiger partial charge < -0.3 is 5.73 Å². The minimum atomic E-state index is 0.273. The molecular weight excluding hydrogens is 266 g/mol. The van der Waals surface area contributed by atoms with Crippen molar-refractivity contribution in [1.82, 2.24) is 0 Å². The van der Waals surface area contributed by atoms with Gasteiger partial charge in [0, 0.05) is 6.04 Å². The summed E-state index contributed by atoms with van der Waals surface area (Å²) in [5.74, 6) is 0. The quantitative estimate of drug-likeness (QED) is 0.762. The molecule has 0 fully saturated rings. The minimum Gasteiger partial charge on any atom is -0.328 e. The Balaban J connectivity index is 2.14. The molecule has 2 N–H and O–H groups in total. The highest BCUT2D eigenvalue weighted by Crippen LogP contribution is 2.40. The first-order valence-electron chi connectivity index (χ1n) is 8.61. The smallest absolute Gasteiger partial charge is 0.00136 e. The van der Waals surface area contributed by atoms with E-state index in [0.29, 0.717) is 5.41 Å². The van der Waals surface area contributed by atoms with Gasteiger partial charge in [-0.2, -0.15) is 0 Å². The van der Waals surface area contributed by atoms with E-state index in [2.05, 4.69) is 64.1 Å². The number of benzene rings is 1. The minimum absolute atomic E-state index is 0.273. The zero-order valence-corrected chi connectivity index (χ0v) is 14.7. The van der Waals surface area contributed by atoms with E-state index in [9.17, 15) is 0 Å². The molecule has 1 heteroatoms. The highest BCUT2D eigenvalue weighted by molar-refractivity contribution is 5.55. The van der Waals surface area contributed by atoms with Crippen molar-refractivity contribution in [3.8, 4) is 0 Å². The number of nitrogens with two attached hydrogens (primary N) is 1. The Morgan fingerprint density at radius 3 is 2.73 bits per heavy atom. The standard InChI is InChI=1S/C21H31N/c1-16-7-6-14-21(3,4)20(16)13-12-19-9-5-8-18(15-19)11-10-17(2)22/h5,8-9,12-13,15,17H,6-7,10-11,14,22H2,1-4H3. The first kappa shape index (κ1) is 17.0. The predicted octanol–water partition coefficient (Wildman–Crippen LogP) is 5.51. The van der Waals surface area contributed by atoms with Crippen LogP contribution in [0.3, 0.4) is 0 Å². The first-order chi connectivity index (χ1) is 10.4. The summed E-state index contributed by atoms with van der Waals surface area (Å²) in [6, 6.07) is 9.12. The maximum atomic E-state index is 5.86. The SMILES string of the molecule is CC1=C(C=Cc2cccc(CCC(C)N)c2)C(C)(C)CCC1. The number of allylic oxidation sites excluding steroid dienone is 3. The van der Waals surface area contributed by atoms with E-state index in [-0.39, 0.29) is 6.04 Å². The van der Waals surface area contributed by atoms with E-state index in [1.54, 1.807) is 5.57 Å². The van der Waals surface area contributed by atoms with Crippen molar-refractivity contribution in [1.29, 1.82) is 0 Å². The van der Waals surface area contributed by atoms with Gasteiger partial charge in [0.2, 0.25) is 0 Å². The largest absolute Gasteiger partial charge is 0.328 e. The van der Waals surface area contributed by atoms with E-state index in [1.165, 1.54) is 36.0 Å². The van der Waals surface area contributed by atoms with Gasteiger partial charge in [0.05, 0.1) is 0 Å². The fraction of sp³-hybridized carbons (Fsp3) is 0.524. The van der Waals surface area contributed by atoms with Crippen LogP contribution < -0.4 is 5.73 Å². The first-order valence-corrected chi connectivity index (χ1v) is 8.61. The molecule has 1 aliphatic carbocycles. The van der Waals surface area contributed by atoms with Crippen molar-refractivity contribution in [2.75, 3.05) is 0 Å². The van der Waals surface area contributed by atoms with Crippen molar-refractivity contribution in [2.45, 2.75) is 65.8 Å². The molecule has 0 aliphatic heterocycles. The summed E-state index contributed by atoms with van der Waals surface area (Å²) in [6.07, 6.45) is 10.6. The molecule has 2 rings (SSSR count). The van der Waals surface area contributed by atoms with Gasteiger partial charge in [-0.05, 0) is 68.1 Å². The molecule has 1 aromatic carbocycles. The van der Waals surface area contributed by atoms with Crippen LogP contribution in [0.4, 0.5) is 0 Å². The summed E-state index contributed by atoms with van der Waals surface area (Å²) in [5, 5.41) is 0. The van der Waals surface area contributed by atoms with E-state index in [4.69, 9.17) is 5.73 Å². The van der Waals surface area contributed by atoms with Crippen LogP contribution >= 0.6 is 0 Å². The molecule has 120 valence electrons. The second-order valence-electron chi connectivity index (χ2n) is 7.53. The van der Waals surface area contributed by atoms with Gasteiger partial charge in [0.1, 0.15) is 0 Å². The molecule has 1 nitrogen and oxygen atoms in total. The van der Waals surface area contributed by atoms with Gasteiger partial charge in [-0.25, -0.2) is 0 Å². The Morgan fingerprint density at radius 1 is 1.27 bits per heavy atom. The van der Waals surface area contributed by atoms with Crippen LogP contribution in [-0.4, -0.2) is 6.04 Å². The molecule has 0 saturated carbocycles. The van der Waals surface area contributed by atoms with Gasteiger partial charge >= 0.3 is 0 Å². The highest BCUT2D eigenvalue weighted by Gasteiger charge is 2.26. The molecule has 0 heterocycles. The van der Waals surface area contributed by atoms with Crippen molar-refractivity contribution in [2.24, 2.45) is 11.1 Å². The van der Waals surface area contributed by atoms with E-state index in [0.717, 1.165) is 12.8 Å². The van der Waals surface area contributed by atoms with Crippen LogP contribution in [0, 0.1) is 5.41 Å². The lowest BCUT2D eigenvalue weighted by molar-refractivity contribution is 0.377. The van der Waals surface area contributed by atoms with Crippen LogP contribution in [-0.2, 0) is 6.42 Å². The Morgan fingerprint density at radius 2 is 2.05 bits per heavy atom. The van der Waals surface area contributed by atoms with E-state index < -0.39 is 0 Å². The van der Waals surface area contributed by atoms with Gasteiger partial charge in [-0.1, -0.05) is 55.8 Å². The molecule has 1 aromatic rings. The molecule has 1 unspecified atom stereocenters. The number of hydrogen-bond acceptors (Lipinski definition) is 1. The van der Waals surface area contributed by atoms with Crippen molar-refractivity contribution in [3.63, 3.8) is 0 Å². The molecule has 0 radical (unpaired) electrons. The van der Waals surface area contributed by atoms with Crippen LogP contribution in [0.1, 0.15) is 64.5 Å². The summed E-state index contributed by atoms with van der Waals surface area (Å²) >= 11 is 0. The Hall–Kier alpha value is -1.34. The van der Waals surface area contributed by atoms with Gasteiger partial charge in [0.25, 0.3) is 0 Å². The average molecular weight is 297 g/mol. The van der Waals surface area contributed by atoms with Gasteiger partial charge in [-0.15, -0.1) is 0 Å². The monoisotopic (exact) mass is 297 g/mol.